The van der Waals surface area contributed by atoms with Crippen molar-refractivity contribution >= 4 is 34.7 Å². The molecule has 2 nitrogen and oxygen atoms in total. The maximum absolute atomic E-state index is 6.27. The summed E-state index contributed by atoms with van der Waals surface area (Å²) in [6.45, 7) is 5.86. The highest BCUT2D eigenvalue weighted by Gasteiger charge is 2.05. The Balaban J connectivity index is 2.08. The van der Waals surface area contributed by atoms with Crippen molar-refractivity contribution in [1.29, 1.82) is 0 Å². The Morgan fingerprint density at radius 1 is 1.44 bits per heavy atom. The molecule has 0 amide bonds. The number of nitrogens with one attached hydrogen (secondary N) is 1. The summed E-state index contributed by atoms with van der Waals surface area (Å²) in [7, 11) is 0. The Morgan fingerprint density at radius 3 is 2.89 bits per heavy atom. The fraction of sp³-hybridized carbons (Fsp3) is 0.308. The molecule has 1 aromatic heterocycles. The van der Waals surface area contributed by atoms with Gasteiger partial charge in [-0.05, 0) is 31.2 Å². The zero-order valence-electron chi connectivity index (χ0n) is 10.4. The molecule has 0 aliphatic rings. The van der Waals surface area contributed by atoms with Gasteiger partial charge in [-0.1, -0.05) is 36.4 Å². The van der Waals surface area contributed by atoms with Gasteiger partial charge < -0.3 is 5.32 Å². The number of benzene rings is 1. The van der Waals surface area contributed by atoms with Crippen LogP contribution in [0.5, 0.6) is 0 Å². The van der Waals surface area contributed by atoms with Crippen LogP contribution in [0.4, 0.5) is 0 Å². The van der Waals surface area contributed by atoms with Gasteiger partial charge in [-0.25, -0.2) is 4.98 Å². The van der Waals surface area contributed by atoms with E-state index in [1.807, 2.05) is 13.0 Å². The molecule has 0 aliphatic carbocycles. The lowest BCUT2D eigenvalue weighted by Gasteiger charge is -2.06. The van der Waals surface area contributed by atoms with Crippen molar-refractivity contribution in [3.8, 4) is 0 Å². The molecule has 1 heterocycles. The summed E-state index contributed by atoms with van der Waals surface area (Å²) in [5.41, 5.74) is 2.20. The molecule has 0 bridgehead atoms. The van der Waals surface area contributed by atoms with Gasteiger partial charge in [0.25, 0.3) is 0 Å². The molecule has 0 aliphatic heterocycles. The summed E-state index contributed by atoms with van der Waals surface area (Å²) in [5, 5.41) is 6.15. The first kappa shape index (κ1) is 13.9. The molecule has 2 aromatic rings. The second-order valence-electron chi connectivity index (χ2n) is 3.89. The van der Waals surface area contributed by atoms with Crippen LogP contribution in [0.15, 0.2) is 32.8 Å². The first-order valence-electron chi connectivity index (χ1n) is 5.78. The smallest absolute Gasteiger partial charge is 0.154 e. The largest absolute Gasteiger partial charge is 0.313 e. The van der Waals surface area contributed by atoms with Crippen LogP contribution in [0.3, 0.4) is 0 Å². The minimum atomic E-state index is 0.814. The van der Waals surface area contributed by atoms with Crippen molar-refractivity contribution in [2.24, 2.45) is 0 Å². The molecule has 18 heavy (non-hydrogen) atoms. The first-order chi connectivity index (χ1) is 8.69. The second-order valence-corrected chi connectivity index (χ2v) is 6.48. The molecule has 1 N–H and O–H groups in total. The van der Waals surface area contributed by atoms with Crippen molar-refractivity contribution in [1.82, 2.24) is 10.3 Å². The lowest BCUT2D eigenvalue weighted by molar-refractivity contribution is 0.726. The molecule has 0 saturated carbocycles. The quantitative estimate of drug-likeness (QED) is 0.887. The van der Waals surface area contributed by atoms with Gasteiger partial charge in [-0.15, -0.1) is 11.3 Å². The summed E-state index contributed by atoms with van der Waals surface area (Å²) < 4.78 is 1.06. The molecule has 5 heteroatoms. The molecule has 0 unspecified atom stereocenters. The van der Waals surface area contributed by atoms with Gasteiger partial charge in [0.2, 0.25) is 0 Å². The number of hydrogen-bond acceptors (Lipinski definition) is 4. The second kappa shape index (κ2) is 6.57. The summed E-state index contributed by atoms with van der Waals surface area (Å²) >= 11 is 9.59. The first-order valence-corrected chi connectivity index (χ1v) is 7.85. The number of rotatable bonds is 5. The maximum atomic E-state index is 6.27. The highest BCUT2D eigenvalue weighted by atomic mass is 35.5. The number of hydrogen-bond donors (Lipinski definition) is 1. The van der Waals surface area contributed by atoms with E-state index in [1.54, 1.807) is 23.1 Å². The Labute approximate surface area is 121 Å². The summed E-state index contributed by atoms with van der Waals surface area (Å²) in [4.78, 5) is 5.57. The van der Waals surface area contributed by atoms with Crippen molar-refractivity contribution in [2.45, 2.75) is 29.6 Å². The SMILES string of the molecule is CCNCc1ccc(Sc2nc(C)cs2)cc1Cl. The summed E-state index contributed by atoms with van der Waals surface area (Å²) in [5.74, 6) is 0. The minimum Gasteiger partial charge on any atom is -0.313 e. The molecule has 96 valence electrons. The van der Waals surface area contributed by atoms with Crippen LogP contribution in [0.2, 0.25) is 5.02 Å². The molecule has 0 radical (unpaired) electrons. The Kier molecular flexibility index (Phi) is 5.06. The fourth-order valence-electron chi connectivity index (χ4n) is 1.47. The van der Waals surface area contributed by atoms with Gasteiger partial charge in [0.15, 0.2) is 4.34 Å². The topological polar surface area (TPSA) is 24.9 Å². The van der Waals surface area contributed by atoms with E-state index in [0.717, 1.165) is 38.6 Å². The van der Waals surface area contributed by atoms with Gasteiger partial charge in [0.05, 0.1) is 0 Å². The number of aromatic nitrogens is 1. The van der Waals surface area contributed by atoms with E-state index in [9.17, 15) is 0 Å². The van der Waals surface area contributed by atoms with Crippen LogP contribution >= 0.6 is 34.7 Å². The van der Waals surface area contributed by atoms with E-state index >= 15 is 0 Å². The molecular weight excluding hydrogens is 284 g/mol. The Hall–Kier alpha value is -0.550. The lowest BCUT2D eigenvalue weighted by Crippen LogP contribution is -2.11. The molecule has 0 saturated heterocycles. The summed E-state index contributed by atoms with van der Waals surface area (Å²) in [6, 6.07) is 6.18. The maximum Gasteiger partial charge on any atom is 0.154 e. The van der Waals surface area contributed by atoms with Crippen LogP contribution in [0.1, 0.15) is 18.2 Å². The molecule has 1 aromatic carbocycles. The third kappa shape index (κ3) is 3.72. The predicted octanol–water partition coefficient (Wildman–Crippen LogP) is 4.37. The third-order valence-corrected chi connectivity index (χ3v) is 4.79. The molecular formula is C13H15ClN2S2. The molecule has 0 fully saturated rings. The van der Waals surface area contributed by atoms with E-state index in [1.165, 1.54) is 0 Å². The van der Waals surface area contributed by atoms with Crippen molar-refractivity contribution < 1.29 is 0 Å². The fourth-order valence-corrected chi connectivity index (χ4v) is 3.64. The highest BCUT2D eigenvalue weighted by molar-refractivity contribution is 8.01. The Bertz CT molecular complexity index is 525. The van der Waals surface area contributed by atoms with Crippen LogP contribution in [-0.2, 0) is 6.54 Å². The number of nitrogens with zero attached hydrogens (tertiary/aromatic N) is 1. The van der Waals surface area contributed by atoms with E-state index in [2.05, 4.69) is 34.7 Å². The Morgan fingerprint density at radius 2 is 2.28 bits per heavy atom. The van der Waals surface area contributed by atoms with E-state index in [-0.39, 0.29) is 0 Å². The van der Waals surface area contributed by atoms with Gasteiger partial charge in [-0.3, -0.25) is 0 Å². The van der Waals surface area contributed by atoms with Gasteiger partial charge in [0.1, 0.15) is 0 Å². The van der Waals surface area contributed by atoms with E-state index in [0.29, 0.717) is 0 Å². The number of halogens is 1. The highest BCUT2D eigenvalue weighted by Crippen LogP contribution is 2.32. The van der Waals surface area contributed by atoms with Crippen molar-refractivity contribution in [3.63, 3.8) is 0 Å². The zero-order chi connectivity index (χ0) is 13.0. The van der Waals surface area contributed by atoms with E-state index < -0.39 is 0 Å². The minimum absolute atomic E-state index is 0.814. The zero-order valence-corrected chi connectivity index (χ0v) is 12.8. The van der Waals surface area contributed by atoms with Crippen LogP contribution < -0.4 is 5.32 Å². The average Bonchev–Trinajstić information content (AvgIpc) is 2.74. The standard InChI is InChI=1S/C13H15ClN2S2/c1-3-15-7-10-4-5-11(6-12(10)14)18-13-16-9(2)8-17-13/h4-6,8,15H,3,7H2,1-2H3. The normalized spacial score (nSPS) is 10.8. The van der Waals surface area contributed by atoms with Crippen molar-refractivity contribution in [2.75, 3.05) is 6.54 Å². The monoisotopic (exact) mass is 298 g/mol. The van der Waals surface area contributed by atoms with Gasteiger partial charge in [-0.2, -0.15) is 0 Å². The number of thiazole rings is 1. The van der Waals surface area contributed by atoms with Crippen LogP contribution in [0.25, 0.3) is 0 Å². The van der Waals surface area contributed by atoms with Gasteiger partial charge >= 0.3 is 0 Å². The predicted molar refractivity (Wildman–Crippen MR) is 79.8 cm³/mol. The average molecular weight is 299 g/mol. The van der Waals surface area contributed by atoms with Gasteiger partial charge in [0, 0.05) is 27.5 Å². The number of aryl methyl sites for hydroxylation is 1. The van der Waals surface area contributed by atoms with Crippen LogP contribution in [-0.4, -0.2) is 11.5 Å². The summed E-state index contributed by atoms with van der Waals surface area (Å²) in [6.07, 6.45) is 0. The third-order valence-electron chi connectivity index (χ3n) is 2.39. The molecule has 0 spiro atoms. The van der Waals surface area contributed by atoms with E-state index in [4.69, 9.17) is 11.6 Å². The van der Waals surface area contributed by atoms with Crippen molar-refractivity contribution in [3.05, 3.63) is 39.9 Å². The molecule has 2 rings (SSSR count). The van der Waals surface area contributed by atoms with Crippen LogP contribution in [0, 0.1) is 6.92 Å². The lowest BCUT2D eigenvalue weighted by atomic mass is 10.2. The molecule has 0 atom stereocenters.